The van der Waals surface area contributed by atoms with E-state index in [2.05, 4.69) is 20.8 Å². The molecule has 0 saturated carbocycles. The van der Waals surface area contributed by atoms with Crippen LogP contribution in [0.1, 0.15) is 297 Å². The van der Waals surface area contributed by atoms with Crippen LogP contribution in [0.5, 0.6) is 0 Å². The van der Waals surface area contributed by atoms with Crippen LogP contribution in [-0.4, -0.2) is 37.2 Å². The van der Waals surface area contributed by atoms with Gasteiger partial charge >= 0.3 is 17.9 Å². The van der Waals surface area contributed by atoms with E-state index >= 15 is 0 Å². The lowest BCUT2D eigenvalue weighted by atomic mass is 10.0. The predicted octanol–water partition coefficient (Wildman–Crippen LogP) is 16.8. The summed E-state index contributed by atoms with van der Waals surface area (Å²) in [5.41, 5.74) is 0. The summed E-state index contributed by atoms with van der Waals surface area (Å²) in [7, 11) is 0. The number of hydrogen-bond donors (Lipinski definition) is 0. The summed E-state index contributed by atoms with van der Waals surface area (Å²) in [6, 6.07) is 0. The van der Waals surface area contributed by atoms with E-state index in [1.54, 1.807) is 0 Å². The summed E-state index contributed by atoms with van der Waals surface area (Å²) in [5, 5.41) is 0. The Morgan fingerprint density at radius 1 is 0.276 bits per heavy atom. The molecule has 0 aromatic heterocycles. The van der Waals surface area contributed by atoms with E-state index in [1.165, 1.54) is 199 Å². The maximum Gasteiger partial charge on any atom is 0.306 e. The molecule has 0 heterocycles. The molecule has 0 unspecified atom stereocenters. The highest BCUT2D eigenvalue weighted by atomic mass is 16.6. The van der Waals surface area contributed by atoms with E-state index in [0.717, 1.165) is 57.8 Å². The lowest BCUT2D eigenvalue weighted by molar-refractivity contribution is -0.167. The second kappa shape index (κ2) is 48.1. The third-order valence-corrected chi connectivity index (χ3v) is 11.9. The Labute approximate surface area is 361 Å². The third-order valence-electron chi connectivity index (χ3n) is 11.9. The van der Waals surface area contributed by atoms with Gasteiger partial charge in [0.2, 0.25) is 0 Å². The molecule has 0 aromatic rings. The van der Waals surface area contributed by atoms with Crippen molar-refractivity contribution in [1.82, 2.24) is 0 Å². The topological polar surface area (TPSA) is 78.9 Å². The zero-order valence-electron chi connectivity index (χ0n) is 39.3. The zero-order valence-corrected chi connectivity index (χ0v) is 39.3. The first-order chi connectivity index (χ1) is 28.5. The molecule has 0 radical (unpaired) electrons. The number of esters is 3. The van der Waals surface area contributed by atoms with E-state index in [4.69, 9.17) is 14.2 Å². The predicted molar refractivity (Wildman–Crippen MR) is 247 cm³/mol. The Kier molecular flexibility index (Phi) is 46.8. The quantitative estimate of drug-likeness (QED) is 0.0346. The number of rotatable bonds is 48. The van der Waals surface area contributed by atoms with Crippen molar-refractivity contribution >= 4 is 17.9 Å². The highest BCUT2D eigenvalue weighted by molar-refractivity contribution is 5.71. The lowest BCUT2D eigenvalue weighted by Crippen LogP contribution is -2.30. The van der Waals surface area contributed by atoms with Crippen molar-refractivity contribution in [2.75, 3.05) is 13.2 Å². The highest BCUT2D eigenvalue weighted by Crippen LogP contribution is 2.17. The van der Waals surface area contributed by atoms with Crippen LogP contribution in [-0.2, 0) is 28.6 Å². The molecule has 0 fully saturated rings. The molecule has 0 saturated heterocycles. The van der Waals surface area contributed by atoms with Crippen molar-refractivity contribution in [3.8, 4) is 0 Å². The number of hydrogen-bond acceptors (Lipinski definition) is 6. The molecule has 0 N–H and O–H groups in total. The van der Waals surface area contributed by atoms with E-state index < -0.39 is 6.10 Å². The average molecular weight is 821 g/mol. The van der Waals surface area contributed by atoms with E-state index in [9.17, 15) is 14.4 Å². The molecule has 6 heteroatoms. The molecule has 0 aliphatic heterocycles. The fraction of sp³-hybridized carbons (Fsp3) is 0.942. The Bertz CT molecular complexity index is 859. The maximum atomic E-state index is 12.7. The van der Waals surface area contributed by atoms with Crippen molar-refractivity contribution in [2.24, 2.45) is 0 Å². The van der Waals surface area contributed by atoms with E-state index in [0.29, 0.717) is 19.3 Å². The zero-order chi connectivity index (χ0) is 42.3. The fourth-order valence-electron chi connectivity index (χ4n) is 7.92. The van der Waals surface area contributed by atoms with Gasteiger partial charge in [0.1, 0.15) is 13.2 Å². The number of carbonyl (C=O) groups is 3. The second-order valence-electron chi connectivity index (χ2n) is 17.8. The molecule has 0 spiro atoms. The SMILES string of the molecule is CCCCCCCCCCCCCCCCCCC(=O)OC[C@H](COC(=O)CCCCCCCCCCCCCCCCC)OC(=O)CCCCCCCCCCC. The smallest absolute Gasteiger partial charge is 0.306 e. The van der Waals surface area contributed by atoms with E-state index in [1.807, 2.05) is 0 Å². The summed E-state index contributed by atoms with van der Waals surface area (Å²) in [6.45, 7) is 6.67. The molecule has 0 rings (SSSR count). The lowest BCUT2D eigenvalue weighted by Gasteiger charge is -2.18. The van der Waals surface area contributed by atoms with Crippen LogP contribution < -0.4 is 0 Å². The Morgan fingerprint density at radius 3 is 0.690 bits per heavy atom. The molecule has 0 bridgehead atoms. The van der Waals surface area contributed by atoms with Crippen LogP contribution in [0.4, 0.5) is 0 Å². The van der Waals surface area contributed by atoms with E-state index in [-0.39, 0.29) is 31.1 Å². The van der Waals surface area contributed by atoms with Crippen LogP contribution in [0.25, 0.3) is 0 Å². The summed E-state index contributed by atoms with van der Waals surface area (Å²) in [4.78, 5) is 37.9. The van der Waals surface area contributed by atoms with Gasteiger partial charge in [0.05, 0.1) is 0 Å². The van der Waals surface area contributed by atoms with Crippen LogP contribution in [0.3, 0.4) is 0 Å². The fourth-order valence-corrected chi connectivity index (χ4v) is 7.92. The van der Waals surface area contributed by atoms with Crippen molar-refractivity contribution in [2.45, 2.75) is 303 Å². The van der Waals surface area contributed by atoms with Crippen LogP contribution in [0.2, 0.25) is 0 Å². The molecular weight excluding hydrogens is 721 g/mol. The minimum atomic E-state index is -0.759. The van der Waals surface area contributed by atoms with Crippen molar-refractivity contribution in [3.05, 3.63) is 0 Å². The monoisotopic (exact) mass is 821 g/mol. The van der Waals surface area contributed by atoms with Crippen LogP contribution >= 0.6 is 0 Å². The van der Waals surface area contributed by atoms with Gasteiger partial charge in [0.25, 0.3) is 0 Å². The molecular formula is C52H100O6. The molecule has 0 amide bonds. The molecule has 0 aromatic carbocycles. The average Bonchev–Trinajstić information content (AvgIpc) is 3.22. The number of unbranched alkanes of at least 4 members (excludes halogenated alkanes) is 37. The number of ether oxygens (including phenoxy) is 3. The highest BCUT2D eigenvalue weighted by Gasteiger charge is 2.19. The maximum absolute atomic E-state index is 12.7. The molecule has 0 aliphatic carbocycles. The minimum Gasteiger partial charge on any atom is -0.462 e. The standard InChI is InChI=1S/C52H100O6/c1-4-7-10-13-16-19-21-23-25-27-29-31-34-36-39-42-45-51(54)57-48-49(58-52(55)46-43-40-37-32-18-15-12-9-6-3)47-56-50(53)44-41-38-35-33-30-28-26-24-22-20-17-14-11-8-5-2/h49H,4-48H2,1-3H3/t49-/m0/s1. The van der Waals surface area contributed by atoms with Gasteiger partial charge in [-0.05, 0) is 19.3 Å². The molecule has 1 atom stereocenters. The molecule has 58 heavy (non-hydrogen) atoms. The van der Waals surface area contributed by atoms with Crippen molar-refractivity contribution in [3.63, 3.8) is 0 Å². The summed E-state index contributed by atoms with van der Waals surface area (Å²) in [5.74, 6) is -0.844. The van der Waals surface area contributed by atoms with Gasteiger partial charge in [-0.25, -0.2) is 0 Å². The first kappa shape index (κ1) is 56.4. The Hall–Kier alpha value is -1.59. The van der Waals surface area contributed by atoms with Gasteiger partial charge in [0, 0.05) is 19.3 Å². The van der Waals surface area contributed by atoms with Gasteiger partial charge in [-0.15, -0.1) is 0 Å². The van der Waals surface area contributed by atoms with Gasteiger partial charge in [-0.3, -0.25) is 14.4 Å². The molecule has 344 valence electrons. The first-order valence-electron chi connectivity index (χ1n) is 26.0. The largest absolute Gasteiger partial charge is 0.462 e. The minimum absolute atomic E-state index is 0.0621. The Morgan fingerprint density at radius 2 is 0.466 bits per heavy atom. The van der Waals surface area contributed by atoms with Crippen LogP contribution in [0, 0.1) is 0 Å². The van der Waals surface area contributed by atoms with Crippen molar-refractivity contribution < 1.29 is 28.6 Å². The van der Waals surface area contributed by atoms with Gasteiger partial charge < -0.3 is 14.2 Å². The first-order valence-corrected chi connectivity index (χ1v) is 26.0. The van der Waals surface area contributed by atoms with Gasteiger partial charge in [-0.1, -0.05) is 258 Å². The summed E-state index contributed by atoms with van der Waals surface area (Å²) >= 11 is 0. The number of carbonyl (C=O) groups excluding carboxylic acids is 3. The summed E-state index contributed by atoms with van der Waals surface area (Å²) < 4.78 is 16.8. The molecule has 0 aliphatic rings. The second-order valence-corrected chi connectivity index (χ2v) is 17.8. The van der Waals surface area contributed by atoms with Gasteiger partial charge in [0.15, 0.2) is 6.10 Å². The normalized spacial score (nSPS) is 11.8. The summed E-state index contributed by atoms with van der Waals surface area (Å²) in [6.07, 6.45) is 50.9. The van der Waals surface area contributed by atoms with Crippen LogP contribution in [0.15, 0.2) is 0 Å². The Balaban J connectivity index is 4.23. The van der Waals surface area contributed by atoms with Crippen molar-refractivity contribution in [1.29, 1.82) is 0 Å². The molecule has 6 nitrogen and oxygen atoms in total. The van der Waals surface area contributed by atoms with Gasteiger partial charge in [-0.2, -0.15) is 0 Å². The third kappa shape index (κ3) is 45.5.